The molecule has 4 N–H and O–H groups in total. The minimum Gasteiger partial charge on any atom is -0.509 e. The lowest BCUT2D eigenvalue weighted by atomic mass is 9.95. The first-order valence-electron chi connectivity index (χ1n) is 3.70. The van der Waals surface area contributed by atoms with Crippen LogP contribution in [0.15, 0.2) is 24.0 Å². The van der Waals surface area contributed by atoms with Crippen molar-refractivity contribution in [1.29, 1.82) is 0 Å². The minimum atomic E-state index is -5.11. The predicted molar refractivity (Wildman–Crippen MR) is 47.8 cm³/mol. The molecule has 0 aromatic heterocycles. The Labute approximate surface area is 84.7 Å². The Bertz CT molecular complexity index is 446. The fraction of sp³-hybridized carbons (Fsp3) is 0.286. The van der Waals surface area contributed by atoms with Crippen molar-refractivity contribution in [3.8, 4) is 0 Å². The monoisotopic (exact) mass is 236 g/mol. The highest BCUT2D eigenvalue weighted by Gasteiger charge is 2.57. The maximum atomic E-state index is 10.9. The molecule has 0 aromatic rings. The van der Waals surface area contributed by atoms with E-state index < -0.39 is 32.7 Å². The lowest BCUT2D eigenvalue weighted by Gasteiger charge is -2.29. The highest BCUT2D eigenvalue weighted by Crippen LogP contribution is 2.30. The average molecular weight is 236 g/mol. The number of rotatable bonds is 2. The van der Waals surface area contributed by atoms with E-state index in [0.29, 0.717) is 6.08 Å². The Morgan fingerprint density at radius 1 is 1.47 bits per heavy atom. The average Bonchev–Trinajstić information content (AvgIpc) is 2.07. The zero-order valence-electron chi connectivity index (χ0n) is 7.23. The highest BCUT2D eigenvalue weighted by atomic mass is 32.2. The number of carboxylic acids is 1. The minimum absolute atomic E-state index is 0.592. The van der Waals surface area contributed by atoms with Crippen LogP contribution in [0.1, 0.15) is 0 Å². The number of allylic oxidation sites excluding steroid dienone is 2. The van der Waals surface area contributed by atoms with Gasteiger partial charge in [0.1, 0.15) is 11.9 Å². The van der Waals surface area contributed by atoms with E-state index in [-0.39, 0.29) is 0 Å². The molecule has 1 aliphatic rings. The summed E-state index contributed by atoms with van der Waals surface area (Å²) >= 11 is 0. The van der Waals surface area contributed by atoms with E-state index in [2.05, 4.69) is 0 Å². The standard InChI is InChI=1S/C7H8O7S/c8-4-2-1-3-7(5(4)9,6(10)11)15(12,13)14/h1-3,5,8-9H,(H,10,11)(H,12,13,14). The summed E-state index contributed by atoms with van der Waals surface area (Å²) in [6.45, 7) is 0. The van der Waals surface area contributed by atoms with Gasteiger partial charge in [0, 0.05) is 0 Å². The van der Waals surface area contributed by atoms with Crippen LogP contribution < -0.4 is 0 Å². The third-order valence-electron chi connectivity index (χ3n) is 2.06. The van der Waals surface area contributed by atoms with E-state index in [1.54, 1.807) is 0 Å². The first-order valence-corrected chi connectivity index (χ1v) is 5.14. The van der Waals surface area contributed by atoms with Gasteiger partial charge < -0.3 is 15.3 Å². The number of aliphatic carboxylic acids is 1. The van der Waals surface area contributed by atoms with Gasteiger partial charge in [0.05, 0.1) is 0 Å². The third kappa shape index (κ3) is 1.52. The number of hydrogen-bond donors (Lipinski definition) is 4. The van der Waals surface area contributed by atoms with Gasteiger partial charge in [-0.05, 0) is 12.2 Å². The molecule has 0 spiro atoms. The largest absolute Gasteiger partial charge is 0.509 e. The Kier molecular flexibility index (Phi) is 2.60. The van der Waals surface area contributed by atoms with Crippen molar-refractivity contribution in [2.45, 2.75) is 10.9 Å². The van der Waals surface area contributed by atoms with Gasteiger partial charge >= 0.3 is 5.97 Å². The number of carboxylic acid groups (broad SMARTS) is 1. The molecule has 0 bridgehead atoms. The third-order valence-corrected chi connectivity index (χ3v) is 3.45. The van der Waals surface area contributed by atoms with Gasteiger partial charge in [0.25, 0.3) is 10.1 Å². The predicted octanol–water partition coefficient (Wildman–Crippen LogP) is -0.930. The van der Waals surface area contributed by atoms with Crippen molar-refractivity contribution in [1.82, 2.24) is 0 Å². The van der Waals surface area contributed by atoms with E-state index in [9.17, 15) is 18.3 Å². The van der Waals surface area contributed by atoms with Crippen molar-refractivity contribution in [2.75, 3.05) is 0 Å². The molecule has 0 amide bonds. The maximum absolute atomic E-state index is 10.9. The van der Waals surface area contributed by atoms with E-state index in [1.807, 2.05) is 0 Å². The summed E-state index contributed by atoms with van der Waals surface area (Å²) in [6, 6.07) is 0. The number of hydrogen-bond acceptors (Lipinski definition) is 5. The van der Waals surface area contributed by atoms with Crippen LogP contribution >= 0.6 is 0 Å². The summed E-state index contributed by atoms with van der Waals surface area (Å²) in [5.41, 5.74) is 0. The molecule has 7 nitrogen and oxygen atoms in total. The van der Waals surface area contributed by atoms with E-state index in [1.165, 1.54) is 0 Å². The maximum Gasteiger partial charge on any atom is 0.334 e. The quantitative estimate of drug-likeness (QED) is 0.455. The molecule has 1 rings (SSSR count). The van der Waals surface area contributed by atoms with Crippen LogP contribution in [-0.4, -0.2) is 45.1 Å². The smallest absolute Gasteiger partial charge is 0.334 e. The molecule has 0 saturated carbocycles. The van der Waals surface area contributed by atoms with Gasteiger partial charge in [-0.25, -0.2) is 4.79 Å². The first-order chi connectivity index (χ1) is 6.73. The summed E-state index contributed by atoms with van der Waals surface area (Å²) < 4.78 is 27.7. The van der Waals surface area contributed by atoms with Crippen LogP contribution in [0, 0.1) is 0 Å². The number of aliphatic hydroxyl groups excluding tert-OH is 2. The molecule has 15 heavy (non-hydrogen) atoms. The molecule has 0 heterocycles. The van der Waals surface area contributed by atoms with Crippen LogP contribution in [-0.2, 0) is 14.9 Å². The molecule has 8 heteroatoms. The van der Waals surface area contributed by atoms with Crippen molar-refractivity contribution in [2.24, 2.45) is 0 Å². The van der Waals surface area contributed by atoms with Crippen LogP contribution in [0.5, 0.6) is 0 Å². The molecule has 84 valence electrons. The molecular formula is C7H8O7S. The zero-order chi connectivity index (χ0) is 11.9. The fourth-order valence-electron chi connectivity index (χ4n) is 1.22. The zero-order valence-corrected chi connectivity index (χ0v) is 8.05. The molecule has 2 unspecified atom stereocenters. The van der Waals surface area contributed by atoms with Gasteiger partial charge in [-0.2, -0.15) is 8.42 Å². The second kappa shape index (κ2) is 3.33. The van der Waals surface area contributed by atoms with Crippen LogP contribution in [0.25, 0.3) is 0 Å². The van der Waals surface area contributed by atoms with E-state index in [4.69, 9.17) is 14.8 Å². The Morgan fingerprint density at radius 2 is 2.00 bits per heavy atom. The van der Waals surface area contributed by atoms with E-state index >= 15 is 0 Å². The van der Waals surface area contributed by atoms with Gasteiger partial charge in [0.2, 0.25) is 4.75 Å². The molecule has 0 fully saturated rings. The van der Waals surface area contributed by atoms with Crippen molar-refractivity contribution in [3.05, 3.63) is 24.0 Å². The molecule has 0 aromatic carbocycles. The lowest BCUT2D eigenvalue weighted by molar-refractivity contribution is -0.141. The van der Waals surface area contributed by atoms with Crippen LogP contribution in [0.4, 0.5) is 0 Å². The summed E-state index contributed by atoms with van der Waals surface area (Å²) in [4.78, 5) is 10.8. The topological polar surface area (TPSA) is 132 Å². The molecular weight excluding hydrogens is 228 g/mol. The van der Waals surface area contributed by atoms with Gasteiger partial charge in [-0.3, -0.25) is 4.55 Å². The normalized spacial score (nSPS) is 31.1. The second-order valence-corrected chi connectivity index (χ2v) is 4.55. The van der Waals surface area contributed by atoms with Crippen molar-refractivity contribution >= 4 is 16.1 Å². The molecule has 0 saturated heterocycles. The fourth-order valence-corrected chi connectivity index (χ4v) is 2.09. The van der Waals surface area contributed by atoms with Gasteiger partial charge in [0.15, 0.2) is 0 Å². The molecule has 1 aliphatic carbocycles. The van der Waals surface area contributed by atoms with Crippen LogP contribution in [0.2, 0.25) is 0 Å². The van der Waals surface area contributed by atoms with Crippen LogP contribution in [0.3, 0.4) is 0 Å². The summed E-state index contributed by atoms with van der Waals surface area (Å²) in [7, 11) is -5.11. The molecule has 2 atom stereocenters. The Balaban J connectivity index is 3.47. The molecule has 0 radical (unpaired) electrons. The molecule has 0 aliphatic heterocycles. The Hall–Kier alpha value is -1.38. The number of carbonyl (C=O) groups is 1. The van der Waals surface area contributed by atoms with Crippen molar-refractivity contribution in [3.63, 3.8) is 0 Å². The van der Waals surface area contributed by atoms with Gasteiger partial charge in [-0.15, -0.1) is 0 Å². The summed E-state index contributed by atoms with van der Waals surface area (Å²) in [5, 5.41) is 27.1. The van der Waals surface area contributed by atoms with Crippen molar-refractivity contribution < 1.29 is 33.1 Å². The second-order valence-electron chi connectivity index (χ2n) is 2.93. The van der Waals surface area contributed by atoms with Gasteiger partial charge in [-0.1, -0.05) is 6.08 Å². The first kappa shape index (κ1) is 11.7. The summed E-state index contributed by atoms with van der Waals surface area (Å²) in [6.07, 6.45) is 0.200. The number of aliphatic hydroxyl groups is 2. The van der Waals surface area contributed by atoms with E-state index in [0.717, 1.165) is 12.2 Å². The SMILES string of the molecule is O=C(O)C1(S(=O)(=O)O)C=CC=C(O)C1O. The lowest BCUT2D eigenvalue weighted by Crippen LogP contribution is -2.55. The summed E-state index contributed by atoms with van der Waals surface area (Å²) in [5.74, 6) is -2.83. The Morgan fingerprint density at radius 3 is 2.33 bits per heavy atom. The highest BCUT2D eigenvalue weighted by molar-refractivity contribution is 7.88.